The Morgan fingerprint density at radius 1 is 0.833 bits per heavy atom. The predicted molar refractivity (Wildman–Crippen MR) is 75.2 cm³/mol. The molecule has 0 aromatic heterocycles. The Morgan fingerprint density at radius 3 is 1.94 bits per heavy atom. The summed E-state index contributed by atoms with van der Waals surface area (Å²) < 4.78 is 0. The van der Waals surface area contributed by atoms with Gasteiger partial charge in [-0.1, -0.05) is 65.2 Å². The van der Waals surface area contributed by atoms with Gasteiger partial charge in [-0.25, -0.2) is 0 Å². The first-order chi connectivity index (χ1) is 8.81. The maximum atomic E-state index is 11.2. The van der Waals surface area contributed by atoms with E-state index in [0.29, 0.717) is 13.0 Å². The van der Waals surface area contributed by atoms with Gasteiger partial charge in [-0.3, -0.25) is 4.79 Å². The molecule has 0 saturated heterocycles. The van der Waals surface area contributed by atoms with Crippen molar-refractivity contribution in [3.63, 3.8) is 0 Å². The van der Waals surface area contributed by atoms with E-state index in [1.54, 1.807) is 0 Å². The first-order valence-corrected chi connectivity index (χ1v) is 7.67. The third-order valence-electron chi connectivity index (χ3n) is 2.97. The van der Waals surface area contributed by atoms with Crippen LogP contribution >= 0.6 is 0 Å². The lowest BCUT2D eigenvalue weighted by Gasteiger charge is -2.02. The molecule has 0 aromatic rings. The summed E-state index contributed by atoms with van der Waals surface area (Å²) in [7, 11) is 0. The molecule has 3 heteroatoms. The number of unbranched alkanes of at least 4 members (excludes halogenated alkanes) is 8. The largest absolute Gasteiger partial charge is 0.350 e. The van der Waals surface area contributed by atoms with E-state index in [1.165, 1.54) is 44.9 Å². The van der Waals surface area contributed by atoms with Crippen LogP contribution in [0.5, 0.6) is 0 Å². The number of carbonyl (C=O) groups excluding carboxylic acids is 1. The number of rotatable bonds is 13. The zero-order valence-electron chi connectivity index (χ0n) is 12.2. The van der Waals surface area contributed by atoms with E-state index in [4.69, 9.17) is 4.84 Å². The Hall–Kier alpha value is -0.570. The smallest absolute Gasteiger partial charge is 0.327 e. The third kappa shape index (κ3) is 13.5. The molecular formula is C15H30NO2. The first-order valence-electron chi connectivity index (χ1n) is 7.67. The van der Waals surface area contributed by atoms with Crippen LogP contribution in [0, 0.1) is 0 Å². The molecule has 0 bridgehead atoms. The summed E-state index contributed by atoms with van der Waals surface area (Å²) in [4.78, 5) is 15.9. The second-order valence-corrected chi connectivity index (χ2v) is 4.89. The molecule has 18 heavy (non-hydrogen) atoms. The van der Waals surface area contributed by atoms with Crippen molar-refractivity contribution in [3.05, 3.63) is 0 Å². The summed E-state index contributed by atoms with van der Waals surface area (Å²) >= 11 is 0. The van der Waals surface area contributed by atoms with Crippen LogP contribution in [-0.2, 0) is 9.63 Å². The summed E-state index contributed by atoms with van der Waals surface area (Å²) in [6.45, 7) is 4.87. The van der Waals surface area contributed by atoms with Crippen molar-refractivity contribution in [3.8, 4) is 0 Å². The molecule has 3 nitrogen and oxygen atoms in total. The minimum absolute atomic E-state index is 0.175. The summed E-state index contributed by atoms with van der Waals surface area (Å²) in [5, 5.41) is 0. The van der Waals surface area contributed by atoms with Crippen molar-refractivity contribution in [2.45, 2.75) is 84.5 Å². The van der Waals surface area contributed by atoms with Crippen LogP contribution in [0.15, 0.2) is 0 Å². The van der Waals surface area contributed by atoms with E-state index < -0.39 is 0 Å². The molecule has 0 aliphatic heterocycles. The normalized spacial score (nSPS) is 10.6. The zero-order chi connectivity index (χ0) is 13.5. The maximum Gasteiger partial charge on any atom is 0.327 e. The molecule has 107 valence electrons. The molecular weight excluding hydrogens is 226 g/mol. The molecule has 0 aromatic carbocycles. The van der Waals surface area contributed by atoms with Gasteiger partial charge in [0.15, 0.2) is 0 Å². The van der Waals surface area contributed by atoms with Gasteiger partial charge >= 0.3 is 5.97 Å². The predicted octanol–water partition coefficient (Wildman–Crippen LogP) is 4.38. The highest BCUT2D eigenvalue weighted by Crippen LogP contribution is 2.10. The molecule has 0 N–H and O–H groups in total. The SMILES string of the molecule is CCCCCCCCCCCC(=O)O[N]CCC. The fourth-order valence-electron chi connectivity index (χ4n) is 1.83. The van der Waals surface area contributed by atoms with Gasteiger partial charge in [0.05, 0.1) is 6.54 Å². The average Bonchev–Trinajstić information content (AvgIpc) is 2.37. The standard InChI is InChI=1S/C15H30NO2/c1-3-5-6-7-8-9-10-11-12-13-15(17)18-16-14-4-2/h3-14H2,1-2H3. The van der Waals surface area contributed by atoms with E-state index in [-0.39, 0.29) is 5.97 Å². The van der Waals surface area contributed by atoms with Crippen molar-refractivity contribution >= 4 is 5.97 Å². The van der Waals surface area contributed by atoms with E-state index in [1.807, 2.05) is 6.92 Å². The van der Waals surface area contributed by atoms with E-state index in [9.17, 15) is 4.79 Å². The monoisotopic (exact) mass is 256 g/mol. The van der Waals surface area contributed by atoms with Gasteiger partial charge in [-0.2, -0.15) is 0 Å². The summed E-state index contributed by atoms with van der Waals surface area (Å²) in [5.74, 6) is -0.175. The van der Waals surface area contributed by atoms with Gasteiger partial charge in [0, 0.05) is 6.42 Å². The maximum absolute atomic E-state index is 11.2. The fourth-order valence-corrected chi connectivity index (χ4v) is 1.83. The van der Waals surface area contributed by atoms with Crippen LogP contribution < -0.4 is 5.48 Å². The van der Waals surface area contributed by atoms with Crippen molar-refractivity contribution in [2.24, 2.45) is 0 Å². The molecule has 0 fully saturated rings. The van der Waals surface area contributed by atoms with Crippen LogP contribution in [0.3, 0.4) is 0 Å². The molecule has 1 radical (unpaired) electrons. The lowest BCUT2D eigenvalue weighted by molar-refractivity contribution is -0.152. The molecule has 0 aliphatic carbocycles. The highest BCUT2D eigenvalue weighted by molar-refractivity contribution is 5.68. The fraction of sp³-hybridized carbons (Fsp3) is 0.933. The summed E-state index contributed by atoms with van der Waals surface area (Å²) in [6.07, 6.45) is 12.8. The van der Waals surface area contributed by atoms with Gasteiger partial charge < -0.3 is 4.84 Å². The zero-order valence-corrected chi connectivity index (χ0v) is 12.2. The molecule has 0 rings (SSSR count). The second kappa shape index (κ2) is 14.5. The van der Waals surface area contributed by atoms with Crippen molar-refractivity contribution in [1.82, 2.24) is 5.48 Å². The Labute approximate surface area is 113 Å². The first kappa shape index (κ1) is 17.4. The van der Waals surface area contributed by atoms with Crippen molar-refractivity contribution in [2.75, 3.05) is 6.54 Å². The van der Waals surface area contributed by atoms with Crippen molar-refractivity contribution < 1.29 is 9.63 Å². The van der Waals surface area contributed by atoms with Gasteiger partial charge in [-0.05, 0) is 18.3 Å². The lowest BCUT2D eigenvalue weighted by atomic mass is 10.1. The lowest BCUT2D eigenvalue weighted by Crippen LogP contribution is -2.13. The van der Waals surface area contributed by atoms with Gasteiger partial charge in [0.1, 0.15) is 0 Å². The highest BCUT2D eigenvalue weighted by atomic mass is 16.7. The van der Waals surface area contributed by atoms with E-state index in [2.05, 4.69) is 12.4 Å². The van der Waals surface area contributed by atoms with Crippen LogP contribution in [0.1, 0.15) is 84.5 Å². The summed E-state index contributed by atoms with van der Waals surface area (Å²) in [5.41, 5.74) is 3.70. The second-order valence-electron chi connectivity index (χ2n) is 4.89. The highest BCUT2D eigenvalue weighted by Gasteiger charge is 2.02. The van der Waals surface area contributed by atoms with Crippen LogP contribution in [0.4, 0.5) is 0 Å². The van der Waals surface area contributed by atoms with Crippen molar-refractivity contribution in [1.29, 1.82) is 0 Å². The third-order valence-corrected chi connectivity index (χ3v) is 2.97. The average molecular weight is 256 g/mol. The van der Waals surface area contributed by atoms with Crippen LogP contribution in [-0.4, -0.2) is 12.5 Å². The minimum Gasteiger partial charge on any atom is -0.350 e. The molecule has 0 atom stereocenters. The van der Waals surface area contributed by atoms with Gasteiger partial charge in [-0.15, -0.1) is 0 Å². The van der Waals surface area contributed by atoms with Gasteiger partial charge in [0.25, 0.3) is 0 Å². The number of carbonyl (C=O) groups is 1. The van der Waals surface area contributed by atoms with E-state index in [0.717, 1.165) is 19.3 Å². The Kier molecular flexibility index (Phi) is 14.0. The minimum atomic E-state index is -0.175. The topological polar surface area (TPSA) is 40.4 Å². The molecule has 0 spiro atoms. The van der Waals surface area contributed by atoms with Crippen LogP contribution in [0.25, 0.3) is 0 Å². The number of hydrogen-bond donors (Lipinski definition) is 0. The number of hydroxylamine groups is 1. The molecule has 0 saturated carbocycles. The molecule has 0 heterocycles. The quantitative estimate of drug-likeness (QED) is 0.362. The van der Waals surface area contributed by atoms with Gasteiger partial charge in [0.2, 0.25) is 0 Å². The molecule has 0 amide bonds. The van der Waals surface area contributed by atoms with Crippen LogP contribution in [0.2, 0.25) is 0 Å². The Balaban J connectivity index is 3.08. The number of hydrogen-bond acceptors (Lipinski definition) is 2. The molecule has 0 aliphatic rings. The van der Waals surface area contributed by atoms with E-state index >= 15 is 0 Å². The Bertz CT molecular complexity index is 183. The summed E-state index contributed by atoms with van der Waals surface area (Å²) in [6, 6.07) is 0. The molecule has 0 unspecified atom stereocenters. The Morgan fingerprint density at radius 2 is 1.39 bits per heavy atom. The number of nitrogens with zero attached hydrogens (tertiary/aromatic N) is 1.